The van der Waals surface area contributed by atoms with Crippen LogP contribution in [0.5, 0.6) is 11.5 Å². The second kappa shape index (κ2) is 17.2. The minimum atomic E-state index is -0.0877. The predicted molar refractivity (Wildman–Crippen MR) is 192 cm³/mol. The summed E-state index contributed by atoms with van der Waals surface area (Å²) in [5.74, 6) is 1.50. The molecule has 4 aromatic carbocycles. The Kier molecular flexibility index (Phi) is 13.0. The Morgan fingerprint density at radius 2 is 1.14 bits per heavy atom. The molecule has 2 heterocycles. The molecule has 6 aromatic rings. The Bertz CT molecular complexity index is 1860. The Labute approximate surface area is 303 Å². The molecule has 0 aliphatic carbocycles. The van der Waals surface area contributed by atoms with Crippen molar-refractivity contribution >= 4 is 0 Å². The molecule has 6 rings (SSSR count). The van der Waals surface area contributed by atoms with E-state index in [0.29, 0.717) is 5.69 Å². The molecule has 2 N–H and O–H groups in total. The average Bonchev–Trinajstić information content (AvgIpc) is 3.11. The predicted octanol–water partition coefficient (Wildman–Crippen LogP) is 8.66. The van der Waals surface area contributed by atoms with Crippen molar-refractivity contribution in [3.8, 4) is 56.3 Å². The van der Waals surface area contributed by atoms with Gasteiger partial charge in [-0.2, -0.15) is 0 Å². The van der Waals surface area contributed by atoms with Crippen LogP contribution in [0.2, 0.25) is 0 Å². The van der Waals surface area contributed by atoms with Crippen LogP contribution in [0.4, 0.5) is 0 Å². The standard InChI is InChI=1S/2C21H20NO2.Pt/c1-14-6-5-7-15(2)21(14)16-8-9-18(20(12-16)24-4)19-13-17(23-3)10-11-22-19;1-14-4-3-5-15(2)21(14)17-6-7-19(18(11-17)13-24)20-10-16(12-23)8-9-22-20;/h5-8,10-13H,1-4H3;3-6,8-11,23-24H,12-13H2,1-2H3;/q2*-1;+2. The van der Waals surface area contributed by atoms with Gasteiger partial charge in [-0.3, -0.25) is 0 Å². The van der Waals surface area contributed by atoms with Crippen molar-refractivity contribution in [3.63, 3.8) is 0 Å². The fourth-order valence-corrected chi connectivity index (χ4v) is 5.96. The van der Waals surface area contributed by atoms with Crippen LogP contribution >= 0.6 is 0 Å². The second-order valence-corrected chi connectivity index (χ2v) is 11.6. The van der Waals surface area contributed by atoms with Crippen LogP contribution in [-0.2, 0) is 34.3 Å². The van der Waals surface area contributed by atoms with Gasteiger partial charge in [-0.15, -0.1) is 41.5 Å². The Morgan fingerprint density at radius 1 is 0.612 bits per heavy atom. The quantitative estimate of drug-likeness (QED) is 0.150. The molecule has 0 aliphatic heterocycles. The zero-order chi connectivity index (χ0) is 34.2. The molecule has 0 unspecified atom stereocenters. The number of hydrogen-bond donors (Lipinski definition) is 2. The molecule has 252 valence electrons. The van der Waals surface area contributed by atoms with E-state index in [4.69, 9.17) is 9.47 Å². The van der Waals surface area contributed by atoms with Crippen LogP contribution in [0, 0.1) is 39.8 Å². The molecule has 7 heteroatoms. The van der Waals surface area contributed by atoms with E-state index in [1.165, 1.54) is 33.4 Å². The molecule has 0 saturated carbocycles. The molecule has 0 amide bonds. The summed E-state index contributed by atoms with van der Waals surface area (Å²) in [7, 11) is 3.31. The number of hydrogen-bond acceptors (Lipinski definition) is 6. The van der Waals surface area contributed by atoms with Crippen molar-refractivity contribution < 1.29 is 40.8 Å². The van der Waals surface area contributed by atoms with Gasteiger partial charge in [-0.05, 0) is 62.8 Å². The van der Waals surface area contributed by atoms with Crippen molar-refractivity contribution in [2.24, 2.45) is 0 Å². The minimum Gasteiger partial charge on any atom is -0.540 e. The first-order valence-corrected chi connectivity index (χ1v) is 15.7. The van der Waals surface area contributed by atoms with Crippen molar-refractivity contribution in [2.75, 3.05) is 14.2 Å². The molecule has 2 aromatic heterocycles. The SMILES string of the molecule is COc1ccnc(-c2[c-]cc(-c3c(C)cccc3C)cc2OC)c1.Cc1cccc(C)c1-c1c[c-]c(-c2cc(CO)ccn2)c(CO)c1.[Pt+2]. The summed E-state index contributed by atoms with van der Waals surface area (Å²) in [4.78, 5) is 8.76. The Hall–Kier alpha value is -4.61. The zero-order valence-electron chi connectivity index (χ0n) is 28.6. The number of aliphatic hydroxyl groups is 2. The smallest absolute Gasteiger partial charge is 0.540 e. The normalized spacial score (nSPS) is 10.4. The molecule has 0 atom stereocenters. The van der Waals surface area contributed by atoms with Gasteiger partial charge in [0.1, 0.15) is 5.75 Å². The number of ether oxygens (including phenoxy) is 2. The molecular weight excluding hydrogens is 792 g/mol. The van der Waals surface area contributed by atoms with Crippen LogP contribution in [0.3, 0.4) is 0 Å². The number of methoxy groups -OCH3 is 2. The number of aromatic nitrogens is 2. The fraction of sp³-hybridized carbons (Fsp3) is 0.190. The number of aliphatic hydroxyl groups excluding tert-OH is 2. The largest absolute Gasteiger partial charge is 2.00 e. The van der Waals surface area contributed by atoms with Crippen molar-refractivity contribution in [1.29, 1.82) is 0 Å². The maximum Gasteiger partial charge on any atom is 2.00 e. The van der Waals surface area contributed by atoms with E-state index in [1.807, 2.05) is 48.5 Å². The van der Waals surface area contributed by atoms with Gasteiger partial charge in [0.25, 0.3) is 0 Å². The molecule has 0 bridgehead atoms. The van der Waals surface area contributed by atoms with E-state index in [9.17, 15) is 10.2 Å². The first kappa shape index (κ1) is 37.2. The second-order valence-electron chi connectivity index (χ2n) is 11.6. The third-order valence-electron chi connectivity index (χ3n) is 8.34. The molecule has 0 aliphatic rings. The van der Waals surface area contributed by atoms with E-state index >= 15 is 0 Å². The van der Waals surface area contributed by atoms with Crippen molar-refractivity contribution in [3.05, 3.63) is 143 Å². The van der Waals surface area contributed by atoms with E-state index in [-0.39, 0.29) is 34.3 Å². The third-order valence-corrected chi connectivity index (χ3v) is 8.34. The Morgan fingerprint density at radius 3 is 1.67 bits per heavy atom. The summed E-state index contributed by atoms with van der Waals surface area (Å²) in [6.07, 6.45) is 3.39. The number of nitrogens with zero attached hydrogens (tertiary/aromatic N) is 2. The van der Waals surface area contributed by atoms with Crippen molar-refractivity contribution in [2.45, 2.75) is 40.9 Å². The van der Waals surface area contributed by atoms with Crippen LogP contribution in [0.15, 0.2) is 97.3 Å². The topological polar surface area (TPSA) is 84.7 Å². The molecule has 6 nitrogen and oxygen atoms in total. The van der Waals surface area contributed by atoms with Gasteiger partial charge in [0.15, 0.2) is 0 Å². The van der Waals surface area contributed by atoms with Crippen LogP contribution < -0.4 is 9.47 Å². The number of pyridine rings is 2. The third kappa shape index (κ3) is 8.52. The summed E-state index contributed by atoms with van der Waals surface area (Å²) in [5, 5.41) is 19.1. The maximum atomic E-state index is 9.82. The van der Waals surface area contributed by atoms with Gasteiger partial charge in [0.2, 0.25) is 0 Å². The van der Waals surface area contributed by atoms with Crippen molar-refractivity contribution in [1.82, 2.24) is 9.97 Å². The van der Waals surface area contributed by atoms with Gasteiger partial charge in [-0.25, -0.2) is 0 Å². The first-order chi connectivity index (χ1) is 23.3. The van der Waals surface area contributed by atoms with E-state index < -0.39 is 0 Å². The molecule has 0 saturated heterocycles. The summed E-state index contributed by atoms with van der Waals surface area (Å²) < 4.78 is 10.9. The fourth-order valence-electron chi connectivity index (χ4n) is 5.96. The monoisotopic (exact) mass is 831 g/mol. The van der Waals surface area contributed by atoms with Gasteiger partial charge in [-0.1, -0.05) is 98.6 Å². The molecule has 0 fully saturated rings. The Balaban J connectivity index is 0.000000216. The summed E-state index contributed by atoms with van der Waals surface area (Å²) in [6, 6.07) is 34.4. The number of rotatable bonds is 8. The zero-order valence-corrected chi connectivity index (χ0v) is 30.8. The summed E-state index contributed by atoms with van der Waals surface area (Å²) in [6.45, 7) is 8.28. The van der Waals surface area contributed by atoms with Gasteiger partial charge in [0.05, 0.1) is 20.8 Å². The van der Waals surface area contributed by atoms with E-state index in [1.54, 1.807) is 32.7 Å². The molecule has 49 heavy (non-hydrogen) atoms. The molecular formula is C42H40N2O4Pt. The number of aryl methyl sites for hydroxylation is 4. The molecule has 0 radical (unpaired) electrons. The first-order valence-electron chi connectivity index (χ1n) is 15.7. The molecule has 0 spiro atoms. The average molecular weight is 832 g/mol. The minimum absolute atomic E-state index is 0. The van der Waals surface area contributed by atoms with Crippen LogP contribution in [0.25, 0.3) is 44.8 Å². The number of benzene rings is 4. The van der Waals surface area contributed by atoms with Gasteiger partial charge >= 0.3 is 21.1 Å². The van der Waals surface area contributed by atoms with Gasteiger partial charge < -0.3 is 29.7 Å². The summed E-state index contributed by atoms with van der Waals surface area (Å²) in [5.41, 5.74) is 14.0. The van der Waals surface area contributed by atoms with E-state index in [0.717, 1.165) is 50.6 Å². The van der Waals surface area contributed by atoms with Crippen LogP contribution in [0.1, 0.15) is 33.4 Å². The maximum absolute atomic E-state index is 9.82. The summed E-state index contributed by atoms with van der Waals surface area (Å²) >= 11 is 0. The van der Waals surface area contributed by atoms with Gasteiger partial charge in [0, 0.05) is 24.8 Å². The van der Waals surface area contributed by atoms with Crippen LogP contribution in [-0.4, -0.2) is 34.4 Å². The van der Waals surface area contributed by atoms with E-state index in [2.05, 4.69) is 80.1 Å².